The highest BCUT2D eigenvalue weighted by atomic mass is 32.2. The maximum atomic E-state index is 12.9. The van der Waals surface area contributed by atoms with E-state index in [-0.39, 0.29) is 42.8 Å². The van der Waals surface area contributed by atoms with Gasteiger partial charge in [0.15, 0.2) is 6.61 Å². The van der Waals surface area contributed by atoms with Crippen molar-refractivity contribution in [2.24, 2.45) is 5.92 Å². The van der Waals surface area contributed by atoms with Crippen molar-refractivity contribution in [1.29, 1.82) is 0 Å². The molecule has 1 fully saturated rings. The van der Waals surface area contributed by atoms with Crippen LogP contribution in [0.25, 0.3) is 0 Å². The molecule has 1 amide bonds. The lowest BCUT2D eigenvalue weighted by Crippen LogP contribution is -2.42. The first kappa shape index (κ1) is 22.3. The van der Waals surface area contributed by atoms with Crippen molar-refractivity contribution in [1.82, 2.24) is 10.0 Å². The minimum absolute atomic E-state index is 0.0148. The van der Waals surface area contributed by atoms with Crippen LogP contribution in [0.4, 0.5) is 4.39 Å². The molecule has 0 heterocycles. The molecule has 2 rings (SSSR count). The average Bonchev–Trinajstić information content (AvgIpc) is 2.66. The lowest BCUT2D eigenvalue weighted by Gasteiger charge is -2.29. The fraction of sp³-hybridized carbons (Fsp3) is 0.579. The van der Waals surface area contributed by atoms with Crippen molar-refractivity contribution >= 4 is 21.9 Å². The Hall–Kier alpha value is -2.00. The fourth-order valence-electron chi connectivity index (χ4n) is 3.13. The van der Waals surface area contributed by atoms with Gasteiger partial charge in [-0.05, 0) is 49.4 Å². The normalized spacial score (nSPS) is 19.8. The summed E-state index contributed by atoms with van der Waals surface area (Å²) in [6.07, 6.45) is 4.49. The highest BCUT2D eigenvalue weighted by Gasteiger charge is 2.23. The summed E-state index contributed by atoms with van der Waals surface area (Å²) in [5.41, 5.74) is 0. The number of sulfonamides is 1. The number of benzene rings is 1. The zero-order valence-corrected chi connectivity index (χ0v) is 16.8. The number of hydrogen-bond acceptors (Lipinski definition) is 5. The molecule has 0 aromatic heterocycles. The molecule has 9 heteroatoms. The summed E-state index contributed by atoms with van der Waals surface area (Å²) < 4.78 is 44.2. The Balaban J connectivity index is 1.63. The van der Waals surface area contributed by atoms with Crippen LogP contribution in [0.3, 0.4) is 0 Å². The standard InChI is InChI=1S/C19H27FN2O5S/c1-14-5-2-3-6-17(14)22-18(23)13-27-19(24)7-4-12-21-28(25,26)16-10-8-15(20)9-11-16/h8-11,14,17,21H,2-7,12-13H2,1H3,(H,22,23)/t14-,17-/m1/s1. The monoisotopic (exact) mass is 414 g/mol. The second-order valence-corrected chi connectivity index (χ2v) is 8.82. The number of halogens is 1. The SMILES string of the molecule is C[C@@H]1CCCC[C@H]1NC(=O)COC(=O)CCCNS(=O)(=O)c1ccc(F)cc1. The van der Waals surface area contributed by atoms with Crippen molar-refractivity contribution in [2.45, 2.75) is 56.4 Å². The fourth-order valence-corrected chi connectivity index (χ4v) is 4.21. The van der Waals surface area contributed by atoms with Gasteiger partial charge < -0.3 is 10.1 Å². The first-order chi connectivity index (χ1) is 13.3. The van der Waals surface area contributed by atoms with Crippen LogP contribution < -0.4 is 10.0 Å². The van der Waals surface area contributed by atoms with Crippen LogP contribution in [0.15, 0.2) is 29.2 Å². The molecule has 0 aliphatic heterocycles. The number of carbonyl (C=O) groups excluding carboxylic acids is 2. The molecule has 1 aliphatic carbocycles. The van der Waals surface area contributed by atoms with E-state index >= 15 is 0 Å². The van der Waals surface area contributed by atoms with Gasteiger partial charge in [0.2, 0.25) is 10.0 Å². The van der Waals surface area contributed by atoms with E-state index in [1.807, 2.05) is 0 Å². The third-order valence-corrected chi connectivity index (χ3v) is 6.27. The molecule has 7 nitrogen and oxygen atoms in total. The summed E-state index contributed by atoms with van der Waals surface area (Å²) in [5, 5.41) is 2.90. The second-order valence-electron chi connectivity index (χ2n) is 7.05. The van der Waals surface area contributed by atoms with E-state index in [9.17, 15) is 22.4 Å². The lowest BCUT2D eigenvalue weighted by atomic mass is 9.86. The zero-order valence-electron chi connectivity index (χ0n) is 15.9. The predicted octanol–water partition coefficient (Wildman–Crippen LogP) is 2.12. The summed E-state index contributed by atoms with van der Waals surface area (Å²) in [4.78, 5) is 23.6. The highest BCUT2D eigenvalue weighted by Crippen LogP contribution is 2.23. The van der Waals surface area contributed by atoms with E-state index in [2.05, 4.69) is 17.0 Å². The maximum Gasteiger partial charge on any atom is 0.306 e. The molecule has 0 saturated heterocycles. The smallest absolute Gasteiger partial charge is 0.306 e. The van der Waals surface area contributed by atoms with E-state index in [0.717, 1.165) is 43.5 Å². The van der Waals surface area contributed by atoms with Gasteiger partial charge >= 0.3 is 5.97 Å². The van der Waals surface area contributed by atoms with Crippen molar-refractivity contribution in [3.05, 3.63) is 30.1 Å². The van der Waals surface area contributed by atoms with Crippen molar-refractivity contribution in [3.8, 4) is 0 Å². The molecule has 2 atom stereocenters. The molecule has 28 heavy (non-hydrogen) atoms. The van der Waals surface area contributed by atoms with Crippen LogP contribution in [-0.4, -0.2) is 39.5 Å². The number of amides is 1. The molecular formula is C19H27FN2O5S. The number of rotatable bonds is 9. The molecule has 1 aromatic carbocycles. The average molecular weight is 414 g/mol. The summed E-state index contributed by atoms with van der Waals surface area (Å²) in [6.45, 7) is 1.80. The van der Waals surface area contributed by atoms with Gasteiger partial charge in [-0.2, -0.15) is 0 Å². The molecule has 2 N–H and O–H groups in total. The van der Waals surface area contributed by atoms with E-state index in [1.165, 1.54) is 6.42 Å². The largest absolute Gasteiger partial charge is 0.456 e. The molecule has 0 bridgehead atoms. The van der Waals surface area contributed by atoms with E-state index in [4.69, 9.17) is 4.74 Å². The quantitative estimate of drug-likeness (QED) is 0.476. The Bertz CT molecular complexity index is 767. The zero-order chi connectivity index (χ0) is 20.6. The van der Waals surface area contributed by atoms with Crippen molar-refractivity contribution in [3.63, 3.8) is 0 Å². The van der Waals surface area contributed by atoms with Crippen molar-refractivity contribution in [2.75, 3.05) is 13.2 Å². The topological polar surface area (TPSA) is 102 Å². The molecule has 0 unspecified atom stereocenters. The highest BCUT2D eigenvalue weighted by molar-refractivity contribution is 7.89. The Labute approximate surface area is 165 Å². The molecule has 1 aromatic rings. The molecule has 156 valence electrons. The molecule has 1 aliphatic rings. The molecule has 1 saturated carbocycles. The Morgan fingerprint density at radius 3 is 2.54 bits per heavy atom. The second kappa shape index (κ2) is 10.5. The summed E-state index contributed by atoms with van der Waals surface area (Å²) in [5.74, 6) is -0.983. The van der Waals surface area contributed by atoms with Gasteiger partial charge in [-0.3, -0.25) is 9.59 Å². The summed E-state index contributed by atoms with van der Waals surface area (Å²) >= 11 is 0. The third kappa shape index (κ3) is 7.20. The van der Waals surface area contributed by atoms with Gasteiger partial charge in [0.05, 0.1) is 4.90 Å². The van der Waals surface area contributed by atoms with Crippen LogP contribution in [-0.2, 0) is 24.3 Å². The lowest BCUT2D eigenvalue weighted by molar-refractivity contribution is -0.148. The number of esters is 1. The van der Waals surface area contributed by atoms with Crippen molar-refractivity contribution < 1.29 is 27.1 Å². The van der Waals surface area contributed by atoms with Gasteiger partial charge in [-0.15, -0.1) is 0 Å². The molecule has 0 spiro atoms. The van der Waals surface area contributed by atoms with Gasteiger partial charge in [-0.25, -0.2) is 17.5 Å². The van der Waals surface area contributed by atoms with E-state index < -0.39 is 21.8 Å². The Kier molecular flexibility index (Phi) is 8.37. The Morgan fingerprint density at radius 1 is 1.18 bits per heavy atom. The Morgan fingerprint density at radius 2 is 1.86 bits per heavy atom. The number of hydrogen-bond donors (Lipinski definition) is 2. The van der Waals surface area contributed by atoms with Crippen LogP contribution in [0.1, 0.15) is 45.4 Å². The van der Waals surface area contributed by atoms with E-state index in [1.54, 1.807) is 0 Å². The molecular weight excluding hydrogens is 387 g/mol. The van der Waals surface area contributed by atoms with Gasteiger partial charge in [-0.1, -0.05) is 19.8 Å². The van der Waals surface area contributed by atoms with E-state index in [0.29, 0.717) is 5.92 Å². The number of ether oxygens (including phenoxy) is 1. The van der Waals surface area contributed by atoms with Crippen LogP contribution in [0.5, 0.6) is 0 Å². The minimum Gasteiger partial charge on any atom is -0.456 e. The van der Waals surface area contributed by atoms with Crippen LogP contribution in [0, 0.1) is 11.7 Å². The van der Waals surface area contributed by atoms with Gasteiger partial charge in [0, 0.05) is 19.0 Å². The third-order valence-electron chi connectivity index (χ3n) is 4.80. The minimum atomic E-state index is -3.76. The van der Waals surface area contributed by atoms with Gasteiger partial charge in [0.25, 0.3) is 5.91 Å². The summed E-state index contributed by atoms with van der Waals surface area (Å²) in [7, 11) is -3.76. The van der Waals surface area contributed by atoms with Gasteiger partial charge in [0.1, 0.15) is 5.82 Å². The first-order valence-corrected chi connectivity index (χ1v) is 11.0. The van der Waals surface area contributed by atoms with Crippen LogP contribution >= 0.6 is 0 Å². The maximum absolute atomic E-state index is 12.9. The van der Waals surface area contributed by atoms with Crippen LogP contribution in [0.2, 0.25) is 0 Å². The summed E-state index contributed by atoms with van der Waals surface area (Å²) in [6, 6.07) is 4.58. The first-order valence-electron chi connectivity index (χ1n) is 9.48. The number of carbonyl (C=O) groups is 2. The molecule has 0 radical (unpaired) electrons. The predicted molar refractivity (Wildman–Crippen MR) is 101 cm³/mol. The number of nitrogens with one attached hydrogen (secondary N) is 2.